The van der Waals surface area contributed by atoms with E-state index in [-0.39, 0.29) is 66.6 Å². The number of Topliss-reactive ketones (excluding diaryl/α,β-unsaturated/α-hetero) is 4. The molecule has 2 saturated carbocycles. The second kappa shape index (κ2) is 8.69. The molecule has 0 aliphatic heterocycles. The quantitative estimate of drug-likeness (QED) is 0.540. The Morgan fingerprint density at radius 2 is 1.62 bits per heavy atom. The maximum absolute atomic E-state index is 14.0. The number of hydrogen-bond donors (Lipinski definition) is 2. The molecule has 0 aromatic rings. The lowest BCUT2D eigenvalue weighted by atomic mass is 9.42. The van der Waals surface area contributed by atoms with Crippen molar-refractivity contribution < 1.29 is 34.2 Å². The first kappa shape index (κ1) is 27.9. The van der Waals surface area contributed by atoms with Crippen LogP contribution in [0.3, 0.4) is 0 Å². The van der Waals surface area contributed by atoms with Gasteiger partial charge in [0, 0.05) is 48.5 Å². The van der Waals surface area contributed by atoms with Gasteiger partial charge in [-0.25, -0.2) is 0 Å². The van der Waals surface area contributed by atoms with Crippen LogP contribution in [0, 0.1) is 45.3 Å². The van der Waals surface area contributed by atoms with Gasteiger partial charge in [0.25, 0.3) is 0 Å². The molecule has 2 fully saturated rings. The van der Waals surface area contributed by atoms with Gasteiger partial charge in [0.15, 0.2) is 5.78 Å². The molecule has 0 heterocycles. The Kier molecular flexibility index (Phi) is 6.54. The van der Waals surface area contributed by atoms with Gasteiger partial charge in [0.05, 0.1) is 17.4 Å². The first-order chi connectivity index (χ1) is 16.9. The third-order valence-electron chi connectivity index (χ3n) is 11.3. The topological polar surface area (TPSA) is 126 Å². The van der Waals surface area contributed by atoms with Crippen molar-refractivity contribution >= 4 is 29.1 Å². The monoisotopic (exact) mass is 514 g/mol. The number of allylic oxidation sites excluding steroid dienone is 1. The van der Waals surface area contributed by atoms with E-state index in [1.54, 1.807) is 0 Å². The third kappa shape index (κ3) is 3.74. The summed E-state index contributed by atoms with van der Waals surface area (Å²) in [5, 5.41) is 20.7. The van der Waals surface area contributed by atoms with Gasteiger partial charge in [0.2, 0.25) is 0 Å². The molecule has 0 bridgehead atoms. The standard InChI is InChI=1S/C30H42O7/c1-15(10-17(31)11-16(2)26(36)37)18-12-23(35)30(7)25-19(32)13-21-27(3,4)22(34)8-9-28(21,5)24(25)20(33)14-29(18,30)6/h15-16,18-19,21,32H,8-14H2,1-7H3,(H,36,37)/t15-,16-,18-,19+,21-,28+,29-,30+/m1/s1. The second-order valence-electron chi connectivity index (χ2n) is 13.7. The van der Waals surface area contributed by atoms with Crippen molar-refractivity contribution in [3.63, 3.8) is 0 Å². The van der Waals surface area contributed by atoms with Gasteiger partial charge >= 0.3 is 5.97 Å². The summed E-state index contributed by atoms with van der Waals surface area (Å²) in [7, 11) is 0. The van der Waals surface area contributed by atoms with E-state index in [0.717, 1.165) is 0 Å². The summed E-state index contributed by atoms with van der Waals surface area (Å²) in [6.45, 7) is 13.1. The molecule has 4 rings (SSSR count). The Hall–Kier alpha value is -2.15. The van der Waals surface area contributed by atoms with Gasteiger partial charge in [-0.05, 0) is 48.5 Å². The summed E-state index contributed by atoms with van der Waals surface area (Å²) in [5.41, 5.74) is -1.92. The van der Waals surface area contributed by atoms with E-state index in [1.165, 1.54) is 6.92 Å². The third-order valence-corrected chi connectivity index (χ3v) is 11.3. The van der Waals surface area contributed by atoms with E-state index in [0.29, 0.717) is 30.4 Å². The average Bonchev–Trinajstić information content (AvgIpc) is 2.99. The minimum absolute atomic E-state index is 0.00884. The fraction of sp³-hybridized carbons (Fsp3) is 0.767. The van der Waals surface area contributed by atoms with Gasteiger partial charge in [0.1, 0.15) is 17.3 Å². The van der Waals surface area contributed by atoms with Crippen molar-refractivity contribution in [2.75, 3.05) is 0 Å². The minimum Gasteiger partial charge on any atom is -0.481 e. The molecule has 8 atom stereocenters. The highest BCUT2D eigenvalue weighted by atomic mass is 16.4. The van der Waals surface area contributed by atoms with E-state index >= 15 is 0 Å². The maximum Gasteiger partial charge on any atom is 0.306 e. The number of carbonyl (C=O) groups is 5. The molecule has 0 spiro atoms. The summed E-state index contributed by atoms with van der Waals surface area (Å²) in [6, 6.07) is 0. The average molecular weight is 515 g/mol. The summed E-state index contributed by atoms with van der Waals surface area (Å²) in [5.74, 6) is -2.49. The van der Waals surface area contributed by atoms with Gasteiger partial charge in [-0.1, -0.05) is 41.5 Å². The molecule has 4 aliphatic rings. The zero-order valence-corrected chi connectivity index (χ0v) is 23.3. The molecule has 0 radical (unpaired) electrons. The Morgan fingerprint density at radius 3 is 2.22 bits per heavy atom. The van der Waals surface area contributed by atoms with Crippen molar-refractivity contribution in [3.05, 3.63) is 11.1 Å². The second-order valence-corrected chi connectivity index (χ2v) is 13.7. The smallest absolute Gasteiger partial charge is 0.306 e. The zero-order chi connectivity index (χ0) is 27.9. The maximum atomic E-state index is 14.0. The number of rotatable bonds is 6. The molecule has 7 nitrogen and oxygen atoms in total. The fourth-order valence-electron chi connectivity index (χ4n) is 8.93. The van der Waals surface area contributed by atoms with Crippen molar-refractivity contribution in [3.8, 4) is 0 Å². The first-order valence-electron chi connectivity index (χ1n) is 13.7. The van der Waals surface area contributed by atoms with Crippen LogP contribution in [-0.2, 0) is 24.0 Å². The number of fused-ring (bicyclic) bond motifs is 4. The lowest BCUT2D eigenvalue weighted by Crippen LogP contribution is -2.60. The van der Waals surface area contributed by atoms with Crippen LogP contribution < -0.4 is 0 Å². The fourth-order valence-corrected chi connectivity index (χ4v) is 8.93. The van der Waals surface area contributed by atoms with E-state index < -0.39 is 39.7 Å². The van der Waals surface area contributed by atoms with Crippen LogP contribution in [-0.4, -0.2) is 45.4 Å². The van der Waals surface area contributed by atoms with E-state index in [9.17, 15) is 34.2 Å². The van der Waals surface area contributed by atoms with Crippen LogP contribution in [0.15, 0.2) is 11.1 Å². The van der Waals surface area contributed by atoms with E-state index in [1.807, 2.05) is 41.5 Å². The molecule has 37 heavy (non-hydrogen) atoms. The molecule has 0 saturated heterocycles. The number of aliphatic hydroxyl groups excluding tert-OH is 1. The van der Waals surface area contributed by atoms with Crippen LogP contribution in [0.1, 0.15) is 93.4 Å². The van der Waals surface area contributed by atoms with Crippen molar-refractivity contribution in [2.45, 2.75) is 99.5 Å². The largest absolute Gasteiger partial charge is 0.481 e. The Bertz CT molecular complexity index is 1110. The molecule has 204 valence electrons. The molecule has 4 aliphatic carbocycles. The number of carboxylic acids is 1. The van der Waals surface area contributed by atoms with Crippen molar-refractivity contribution in [1.82, 2.24) is 0 Å². The van der Waals surface area contributed by atoms with E-state index in [2.05, 4.69) is 0 Å². The molecular weight excluding hydrogens is 472 g/mol. The Morgan fingerprint density at radius 1 is 1.00 bits per heavy atom. The zero-order valence-electron chi connectivity index (χ0n) is 23.3. The van der Waals surface area contributed by atoms with Crippen LogP contribution in [0.2, 0.25) is 0 Å². The lowest BCUT2D eigenvalue weighted by Gasteiger charge is -2.60. The highest BCUT2D eigenvalue weighted by Gasteiger charge is 2.70. The van der Waals surface area contributed by atoms with Gasteiger partial charge in [-0.2, -0.15) is 0 Å². The highest BCUT2D eigenvalue weighted by molar-refractivity contribution is 6.05. The highest BCUT2D eigenvalue weighted by Crippen LogP contribution is 2.70. The lowest BCUT2D eigenvalue weighted by molar-refractivity contribution is -0.147. The van der Waals surface area contributed by atoms with Crippen molar-refractivity contribution in [1.29, 1.82) is 0 Å². The number of hydrogen-bond acceptors (Lipinski definition) is 6. The van der Waals surface area contributed by atoms with Crippen LogP contribution in [0.25, 0.3) is 0 Å². The van der Waals surface area contributed by atoms with Gasteiger partial charge in [-0.15, -0.1) is 0 Å². The molecule has 0 aromatic heterocycles. The number of ketones is 4. The number of aliphatic carboxylic acids is 1. The molecule has 0 aromatic carbocycles. The van der Waals surface area contributed by atoms with E-state index in [4.69, 9.17) is 0 Å². The predicted octanol–water partition coefficient (Wildman–Crippen LogP) is 4.34. The number of aliphatic hydroxyl groups is 1. The van der Waals surface area contributed by atoms with Crippen molar-refractivity contribution in [2.24, 2.45) is 45.3 Å². The normalized spacial score (nSPS) is 40.5. The number of carbonyl (C=O) groups excluding carboxylic acids is 4. The van der Waals surface area contributed by atoms with Gasteiger partial charge < -0.3 is 10.2 Å². The molecule has 7 heteroatoms. The molecule has 0 amide bonds. The molecule has 0 unspecified atom stereocenters. The summed E-state index contributed by atoms with van der Waals surface area (Å²) < 4.78 is 0. The van der Waals surface area contributed by atoms with Crippen LogP contribution >= 0.6 is 0 Å². The van der Waals surface area contributed by atoms with Crippen LogP contribution in [0.5, 0.6) is 0 Å². The Balaban J connectivity index is 1.75. The first-order valence-corrected chi connectivity index (χ1v) is 13.7. The molecule has 2 N–H and O–H groups in total. The predicted molar refractivity (Wildman–Crippen MR) is 136 cm³/mol. The Labute approximate surface area is 219 Å². The number of carboxylic acid groups (broad SMARTS) is 1. The molecular formula is C30H42O7. The van der Waals surface area contributed by atoms with Crippen LogP contribution in [0.4, 0.5) is 0 Å². The summed E-state index contributed by atoms with van der Waals surface area (Å²) in [6.07, 6.45) is 0.736. The minimum atomic E-state index is -1.04. The summed E-state index contributed by atoms with van der Waals surface area (Å²) >= 11 is 0. The summed E-state index contributed by atoms with van der Waals surface area (Å²) in [4.78, 5) is 64.6. The SMILES string of the molecule is C[C@H](CC(=O)C[C@@H](C)[C@H]1CC(=O)[C@@]2(C)C3=C(C(=O)C[C@]12C)[C@@]1(C)CCC(=O)C(C)(C)[C@H]1C[C@@H]3O)C(=O)O. The van der Waals surface area contributed by atoms with Gasteiger partial charge in [-0.3, -0.25) is 24.0 Å².